The van der Waals surface area contributed by atoms with Crippen LogP contribution in [0.15, 0.2) is 18.2 Å². The molecule has 1 aliphatic heterocycles. The van der Waals surface area contributed by atoms with E-state index in [2.05, 4.69) is 35.8 Å². The molecule has 14 heteroatoms. The Labute approximate surface area is 154 Å². The summed E-state index contributed by atoms with van der Waals surface area (Å²) in [4.78, 5) is 24.3. The molecule has 0 saturated carbocycles. The second-order valence-electron chi connectivity index (χ2n) is 5.60. The van der Waals surface area contributed by atoms with E-state index in [4.69, 9.17) is 4.74 Å². The number of ether oxygens (including phenoxy) is 1. The topological polar surface area (TPSA) is 180 Å². The molecule has 4 rings (SSSR count). The van der Waals surface area contributed by atoms with Gasteiger partial charge in [0.15, 0.2) is 23.2 Å². The number of rotatable bonds is 4. The highest BCUT2D eigenvalue weighted by Crippen LogP contribution is 2.32. The fourth-order valence-electron chi connectivity index (χ4n) is 2.70. The number of aromatic nitrogens is 6. The number of urea groups is 1. The molecular formula is C13H14N8O5S. The lowest BCUT2D eigenvalue weighted by Crippen LogP contribution is -2.33. The highest BCUT2D eigenvalue weighted by molar-refractivity contribution is 7.13. The summed E-state index contributed by atoms with van der Waals surface area (Å²) >= 11 is 1.15. The van der Waals surface area contributed by atoms with Crippen molar-refractivity contribution >= 4 is 39.5 Å². The molecule has 0 aliphatic carbocycles. The first-order valence-electron chi connectivity index (χ1n) is 7.72. The maximum absolute atomic E-state index is 12.1. The van der Waals surface area contributed by atoms with Gasteiger partial charge < -0.3 is 20.1 Å². The van der Waals surface area contributed by atoms with Crippen LogP contribution in [0.1, 0.15) is 6.23 Å². The van der Waals surface area contributed by atoms with Crippen LogP contribution in [0.5, 0.6) is 0 Å². The number of fused-ring (bicyclic) bond motifs is 1. The molecule has 0 bridgehead atoms. The number of aliphatic hydroxyl groups excluding tert-OH is 3. The number of nitrogens with zero attached hydrogens (tertiary/aromatic N) is 6. The molecule has 3 aromatic rings. The summed E-state index contributed by atoms with van der Waals surface area (Å²) < 4.78 is 6.87. The van der Waals surface area contributed by atoms with Crippen LogP contribution in [0, 0.1) is 0 Å². The first-order valence-corrected chi connectivity index (χ1v) is 8.60. The Kier molecular flexibility index (Phi) is 4.63. The van der Waals surface area contributed by atoms with Crippen LogP contribution in [0.2, 0.25) is 0 Å². The fraction of sp³-hybridized carbons (Fsp3) is 0.385. The van der Waals surface area contributed by atoms with Crippen molar-refractivity contribution in [3.05, 3.63) is 18.2 Å². The maximum atomic E-state index is 12.1. The van der Waals surface area contributed by atoms with Crippen LogP contribution in [-0.2, 0) is 4.74 Å². The summed E-state index contributed by atoms with van der Waals surface area (Å²) in [6.45, 7) is -0.449. The Morgan fingerprint density at radius 3 is 2.81 bits per heavy atom. The predicted molar refractivity (Wildman–Crippen MR) is 90.9 cm³/mol. The normalized spacial score (nSPS) is 25.0. The van der Waals surface area contributed by atoms with Gasteiger partial charge in [0.1, 0.15) is 30.1 Å². The fourth-order valence-corrected chi connectivity index (χ4v) is 3.14. The van der Waals surface area contributed by atoms with Crippen molar-refractivity contribution in [1.82, 2.24) is 29.7 Å². The van der Waals surface area contributed by atoms with E-state index in [1.165, 1.54) is 22.7 Å². The zero-order chi connectivity index (χ0) is 19.0. The van der Waals surface area contributed by atoms with Gasteiger partial charge in [-0.1, -0.05) is 11.3 Å². The minimum Gasteiger partial charge on any atom is -0.394 e. The van der Waals surface area contributed by atoms with Crippen molar-refractivity contribution in [3.63, 3.8) is 0 Å². The molecule has 1 aliphatic rings. The molecule has 142 valence electrons. The predicted octanol–water partition coefficient (Wildman–Crippen LogP) is -1.07. The van der Waals surface area contributed by atoms with Crippen molar-refractivity contribution < 1.29 is 24.9 Å². The maximum Gasteiger partial charge on any atom is 0.326 e. The van der Waals surface area contributed by atoms with Gasteiger partial charge in [0.2, 0.25) is 5.13 Å². The average molecular weight is 394 g/mol. The minimum absolute atomic E-state index is 0.132. The number of imidazole rings is 1. The standard InChI is InChI=1S/C13H14N8O5S/c22-1-5-7(23)8(24)11(26-5)21-3-16-6-9(14-2-15-10(6)21)18-12(25)19-13-20-17-4-27-13/h2-5,7-8,11,22-24H,1H2,(H2,14,15,18,19,20,25)/t5-,7-,8-,11-/m1/s1. The Balaban J connectivity index is 1.59. The second kappa shape index (κ2) is 7.09. The highest BCUT2D eigenvalue weighted by Gasteiger charge is 2.44. The molecule has 13 nitrogen and oxygen atoms in total. The van der Waals surface area contributed by atoms with Crippen LogP contribution >= 0.6 is 11.3 Å². The van der Waals surface area contributed by atoms with Crippen molar-refractivity contribution in [3.8, 4) is 0 Å². The van der Waals surface area contributed by atoms with E-state index in [1.807, 2.05) is 0 Å². The molecule has 2 amide bonds. The lowest BCUT2D eigenvalue weighted by atomic mass is 10.1. The second-order valence-corrected chi connectivity index (χ2v) is 6.43. The summed E-state index contributed by atoms with van der Waals surface area (Å²) in [7, 11) is 0. The summed E-state index contributed by atoms with van der Waals surface area (Å²) in [5, 5.41) is 42.0. The van der Waals surface area contributed by atoms with Gasteiger partial charge in [-0.3, -0.25) is 15.2 Å². The first kappa shape index (κ1) is 17.6. The molecule has 0 radical (unpaired) electrons. The Bertz CT molecular complexity index is 949. The van der Waals surface area contributed by atoms with Gasteiger partial charge in [-0.05, 0) is 0 Å². The first-order chi connectivity index (χ1) is 13.1. The average Bonchev–Trinajstić information content (AvgIpc) is 3.37. The van der Waals surface area contributed by atoms with Crippen LogP contribution in [0.25, 0.3) is 11.2 Å². The monoisotopic (exact) mass is 394 g/mol. The largest absolute Gasteiger partial charge is 0.394 e. The smallest absolute Gasteiger partial charge is 0.326 e. The molecule has 4 heterocycles. The van der Waals surface area contributed by atoms with Gasteiger partial charge >= 0.3 is 6.03 Å². The Hall–Kier alpha value is -2.78. The molecule has 3 aromatic heterocycles. The van der Waals surface area contributed by atoms with Crippen molar-refractivity contribution in [2.75, 3.05) is 17.2 Å². The number of hydrogen-bond acceptors (Lipinski definition) is 11. The molecule has 5 N–H and O–H groups in total. The molecule has 4 atom stereocenters. The molecular weight excluding hydrogens is 380 g/mol. The zero-order valence-electron chi connectivity index (χ0n) is 13.5. The van der Waals surface area contributed by atoms with E-state index in [1.54, 1.807) is 0 Å². The molecule has 0 spiro atoms. The zero-order valence-corrected chi connectivity index (χ0v) is 14.3. The lowest BCUT2D eigenvalue weighted by Gasteiger charge is -2.16. The van der Waals surface area contributed by atoms with Gasteiger partial charge in [0, 0.05) is 0 Å². The van der Waals surface area contributed by atoms with E-state index in [0.29, 0.717) is 5.13 Å². The van der Waals surface area contributed by atoms with Gasteiger partial charge in [0.05, 0.1) is 12.9 Å². The van der Waals surface area contributed by atoms with Crippen LogP contribution < -0.4 is 10.6 Å². The third kappa shape index (κ3) is 3.19. The van der Waals surface area contributed by atoms with E-state index in [0.717, 1.165) is 11.3 Å². The summed E-state index contributed by atoms with van der Waals surface area (Å²) in [5.74, 6) is 0.132. The van der Waals surface area contributed by atoms with E-state index in [9.17, 15) is 20.1 Å². The van der Waals surface area contributed by atoms with Crippen LogP contribution in [0.3, 0.4) is 0 Å². The third-order valence-electron chi connectivity index (χ3n) is 3.96. The van der Waals surface area contributed by atoms with Crippen LogP contribution in [-0.4, -0.2) is 76.0 Å². The van der Waals surface area contributed by atoms with Gasteiger partial charge in [-0.15, -0.1) is 10.2 Å². The number of hydrogen-bond donors (Lipinski definition) is 5. The van der Waals surface area contributed by atoms with Gasteiger partial charge in [-0.2, -0.15) is 0 Å². The molecule has 0 aromatic carbocycles. The number of amides is 2. The summed E-state index contributed by atoms with van der Waals surface area (Å²) in [6.07, 6.45) is -1.92. The van der Waals surface area contributed by atoms with Crippen LogP contribution in [0.4, 0.5) is 15.7 Å². The van der Waals surface area contributed by atoms with Crippen molar-refractivity contribution in [1.29, 1.82) is 0 Å². The molecule has 0 unspecified atom stereocenters. The molecule has 1 saturated heterocycles. The number of anilines is 2. The third-order valence-corrected chi connectivity index (χ3v) is 4.57. The van der Waals surface area contributed by atoms with Gasteiger partial charge in [-0.25, -0.2) is 19.7 Å². The van der Waals surface area contributed by atoms with Crippen molar-refractivity contribution in [2.24, 2.45) is 0 Å². The number of aliphatic hydroxyl groups is 3. The lowest BCUT2D eigenvalue weighted by molar-refractivity contribution is -0.0511. The van der Waals surface area contributed by atoms with Gasteiger partial charge in [0.25, 0.3) is 0 Å². The summed E-state index contributed by atoms with van der Waals surface area (Å²) in [6, 6.07) is -0.589. The molecule has 1 fully saturated rings. The number of carbonyl (C=O) groups excluding carboxylic acids is 1. The van der Waals surface area contributed by atoms with E-state index in [-0.39, 0.29) is 17.0 Å². The minimum atomic E-state index is -1.29. The SMILES string of the molecule is O=C(Nc1nncs1)Nc1ncnc2c1ncn2[C@@H]1O[C@H](CO)[C@@H](O)[C@H]1O. The Morgan fingerprint density at radius 2 is 2.11 bits per heavy atom. The van der Waals surface area contributed by atoms with Crippen molar-refractivity contribution in [2.45, 2.75) is 24.5 Å². The highest BCUT2D eigenvalue weighted by atomic mass is 32.1. The Morgan fingerprint density at radius 1 is 1.26 bits per heavy atom. The quantitative estimate of drug-likeness (QED) is 0.366. The van der Waals surface area contributed by atoms with E-state index < -0.39 is 37.2 Å². The summed E-state index contributed by atoms with van der Waals surface area (Å²) in [5.41, 5.74) is 2.00. The van der Waals surface area contributed by atoms with E-state index >= 15 is 0 Å². The molecule has 27 heavy (non-hydrogen) atoms. The number of nitrogens with one attached hydrogen (secondary N) is 2. The number of carbonyl (C=O) groups is 1.